The third-order valence-electron chi connectivity index (χ3n) is 6.30. The number of amides is 1. The molecule has 1 saturated carbocycles. The Balaban J connectivity index is 1.50. The number of hydrogen-bond acceptors (Lipinski definition) is 4. The summed E-state index contributed by atoms with van der Waals surface area (Å²) in [5, 5.41) is 10.0. The predicted molar refractivity (Wildman–Crippen MR) is 93.8 cm³/mol. The van der Waals surface area contributed by atoms with E-state index in [4.69, 9.17) is 4.74 Å². The Hall–Kier alpha value is -0.650. The van der Waals surface area contributed by atoms with Crippen molar-refractivity contribution in [3.63, 3.8) is 0 Å². The second-order valence-electron chi connectivity index (χ2n) is 8.16. The van der Waals surface area contributed by atoms with Gasteiger partial charge < -0.3 is 14.7 Å². The number of methoxy groups -OCH3 is 1. The molecule has 0 aromatic heterocycles. The largest absolute Gasteiger partial charge is 0.396 e. The first-order chi connectivity index (χ1) is 11.7. The van der Waals surface area contributed by atoms with Crippen molar-refractivity contribution in [2.45, 2.75) is 57.4 Å². The van der Waals surface area contributed by atoms with Crippen molar-refractivity contribution in [3.05, 3.63) is 0 Å². The second-order valence-corrected chi connectivity index (χ2v) is 8.16. The average Bonchev–Trinajstić information content (AvgIpc) is 3.47. The van der Waals surface area contributed by atoms with E-state index in [-0.39, 0.29) is 12.0 Å². The van der Waals surface area contributed by atoms with Gasteiger partial charge in [-0.3, -0.25) is 9.69 Å². The minimum atomic E-state index is 0.0533. The zero-order valence-corrected chi connectivity index (χ0v) is 15.2. The molecule has 24 heavy (non-hydrogen) atoms. The van der Waals surface area contributed by atoms with E-state index in [1.165, 1.54) is 6.42 Å². The van der Waals surface area contributed by atoms with Gasteiger partial charge in [-0.05, 0) is 57.9 Å². The minimum absolute atomic E-state index is 0.0533. The highest BCUT2D eigenvalue weighted by Gasteiger charge is 2.39. The van der Waals surface area contributed by atoms with Gasteiger partial charge in [-0.2, -0.15) is 0 Å². The molecule has 1 N–H and O–H groups in total. The molecule has 1 amide bonds. The lowest BCUT2D eigenvalue weighted by atomic mass is 9.76. The fraction of sp³-hybridized carbons (Fsp3) is 0.947. The van der Waals surface area contributed by atoms with Gasteiger partial charge in [0.05, 0.1) is 0 Å². The smallest absolute Gasteiger partial charge is 0.225 e. The highest BCUT2D eigenvalue weighted by atomic mass is 16.5. The van der Waals surface area contributed by atoms with E-state index in [1.807, 2.05) is 0 Å². The zero-order chi connectivity index (χ0) is 17.0. The lowest BCUT2D eigenvalue weighted by Gasteiger charge is -2.47. The number of rotatable bonds is 7. The van der Waals surface area contributed by atoms with Gasteiger partial charge in [-0.25, -0.2) is 0 Å². The fourth-order valence-corrected chi connectivity index (χ4v) is 4.60. The quantitative estimate of drug-likeness (QED) is 0.720. The molecule has 5 heteroatoms. The van der Waals surface area contributed by atoms with E-state index in [0.717, 1.165) is 77.7 Å². The fourth-order valence-electron chi connectivity index (χ4n) is 4.60. The first kappa shape index (κ1) is 18.2. The number of nitrogens with zero attached hydrogens (tertiary/aromatic N) is 2. The van der Waals surface area contributed by atoms with Crippen LogP contribution in [-0.4, -0.2) is 73.4 Å². The lowest BCUT2D eigenvalue weighted by Crippen LogP contribution is -2.53. The van der Waals surface area contributed by atoms with Gasteiger partial charge in [0.15, 0.2) is 0 Å². The number of aliphatic hydroxyl groups excluding tert-OH is 1. The molecule has 0 aromatic carbocycles. The van der Waals surface area contributed by atoms with Gasteiger partial charge in [0.2, 0.25) is 5.91 Å². The molecule has 0 spiro atoms. The van der Waals surface area contributed by atoms with Crippen LogP contribution in [-0.2, 0) is 9.53 Å². The average molecular weight is 338 g/mol. The summed E-state index contributed by atoms with van der Waals surface area (Å²) < 4.78 is 5.19. The van der Waals surface area contributed by atoms with Crippen LogP contribution in [0.15, 0.2) is 0 Å². The van der Waals surface area contributed by atoms with Gasteiger partial charge in [-0.15, -0.1) is 0 Å². The highest BCUT2D eigenvalue weighted by molar-refractivity contribution is 5.81. The molecule has 138 valence electrons. The van der Waals surface area contributed by atoms with Gasteiger partial charge in [-0.1, -0.05) is 0 Å². The molecule has 3 aliphatic rings. The SMILES string of the molecule is COCCC[C@@]1(CO)CCCN(C2CCN(C(=O)C3CC3)CC2)C1. The number of likely N-dealkylation sites (tertiary alicyclic amines) is 2. The molecule has 0 unspecified atom stereocenters. The van der Waals surface area contributed by atoms with E-state index in [9.17, 15) is 9.90 Å². The Morgan fingerprint density at radius 1 is 1.21 bits per heavy atom. The van der Waals surface area contributed by atoms with Crippen molar-refractivity contribution in [1.29, 1.82) is 0 Å². The molecule has 3 rings (SSSR count). The van der Waals surface area contributed by atoms with E-state index >= 15 is 0 Å². The van der Waals surface area contributed by atoms with Crippen molar-refractivity contribution < 1.29 is 14.6 Å². The Bertz CT molecular complexity index is 419. The van der Waals surface area contributed by atoms with Gasteiger partial charge in [0, 0.05) is 57.3 Å². The maximum atomic E-state index is 12.2. The maximum absolute atomic E-state index is 12.2. The summed E-state index contributed by atoms with van der Waals surface area (Å²) in [7, 11) is 1.75. The van der Waals surface area contributed by atoms with Crippen molar-refractivity contribution >= 4 is 5.91 Å². The van der Waals surface area contributed by atoms with E-state index < -0.39 is 0 Å². The monoisotopic (exact) mass is 338 g/mol. The highest BCUT2D eigenvalue weighted by Crippen LogP contribution is 2.37. The summed E-state index contributed by atoms with van der Waals surface area (Å²) >= 11 is 0. The normalized spacial score (nSPS) is 29.8. The molecular weight excluding hydrogens is 304 g/mol. The van der Waals surface area contributed by atoms with Gasteiger partial charge >= 0.3 is 0 Å². The molecule has 0 radical (unpaired) electrons. The molecule has 1 aliphatic carbocycles. The maximum Gasteiger partial charge on any atom is 0.225 e. The topological polar surface area (TPSA) is 53.0 Å². The number of carbonyl (C=O) groups is 1. The predicted octanol–water partition coefficient (Wildman–Crippen LogP) is 1.89. The first-order valence-electron chi connectivity index (χ1n) is 9.80. The van der Waals surface area contributed by atoms with Crippen molar-refractivity contribution in [3.8, 4) is 0 Å². The van der Waals surface area contributed by atoms with E-state index in [0.29, 0.717) is 17.9 Å². The summed E-state index contributed by atoms with van der Waals surface area (Å²) in [6.07, 6.45) is 8.77. The van der Waals surface area contributed by atoms with Crippen LogP contribution in [0.1, 0.15) is 51.4 Å². The molecule has 3 fully saturated rings. The van der Waals surface area contributed by atoms with Crippen LogP contribution in [0.2, 0.25) is 0 Å². The molecule has 2 heterocycles. The Morgan fingerprint density at radius 3 is 2.58 bits per heavy atom. The number of hydrogen-bond donors (Lipinski definition) is 1. The summed E-state index contributed by atoms with van der Waals surface area (Å²) in [4.78, 5) is 16.9. The first-order valence-corrected chi connectivity index (χ1v) is 9.80. The number of aliphatic hydroxyl groups is 1. The number of piperidine rings is 2. The Kier molecular flexibility index (Phi) is 6.17. The third-order valence-corrected chi connectivity index (χ3v) is 6.30. The lowest BCUT2D eigenvalue weighted by molar-refractivity contribution is -0.134. The van der Waals surface area contributed by atoms with Gasteiger partial charge in [0.1, 0.15) is 0 Å². The van der Waals surface area contributed by atoms with E-state index in [1.54, 1.807) is 7.11 Å². The summed E-state index contributed by atoms with van der Waals surface area (Å²) in [6.45, 7) is 5.07. The number of ether oxygens (including phenoxy) is 1. The number of carbonyl (C=O) groups excluding carboxylic acids is 1. The van der Waals surface area contributed by atoms with Crippen LogP contribution in [0.5, 0.6) is 0 Å². The molecule has 2 aliphatic heterocycles. The molecular formula is C19H34N2O3. The van der Waals surface area contributed by atoms with Crippen LogP contribution < -0.4 is 0 Å². The van der Waals surface area contributed by atoms with Crippen molar-refractivity contribution in [2.24, 2.45) is 11.3 Å². The zero-order valence-electron chi connectivity index (χ0n) is 15.2. The van der Waals surface area contributed by atoms with Crippen LogP contribution in [0.3, 0.4) is 0 Å². The van der Waals surface area contributed by atoms with Gasteiger partial charge in [0.25, 0.3) is 0 Å². The molecule has 2 saturated heterocycles. The van der Waals surface area contributed by atoms with E-state index in [2.05, 4.69) is 9.80 Å². The minimum Gasteiger partial charge on any atom is -0.396 e. The summed E-state index contributed by atoms with van der Waals surface area (Å²) in [5.74, 6) is 0.746. The molecule has 0 aromatic rings. The summed E-state index contributed by atoms with van der Waals surface area (Å²) in [5.41, 5.74) is 0.0533. The van der Waals surface area contributed by atoms with Crippen LogP contribution in [0.4, 0.5) is 0 Å². The van der Waals surface area contributed by atoms with Crippen molar-refractivity contribution in [2.75, 3.05) is 46.5 Å². The summed E-state index contributed by atoms with van der Waals surface area (Å²) in [6, 6.07) is 0.585. The molecule has 0 bridgehead atoms. The van der Waals surface area contributed by atoms with Crippen LogP contribution in [0.25, 0.3) is 0 Å². The van der Waals surface area contributed by atoms with Crippen LogP contribution in [0, 0.1) is 11.3 Å². The Morgan fingerprint density at radius 2 is 1.96 bits per heavy atom. The second kappa shape index (κ2) is 8.15. The Labute approximate surface area is 146 Å². The third kappa shape index (κ3) is 4.30. The van der Waals surface area contributed by atoms with Crippen molar-refractivity contribution in [1.82, 2.24) is 9.80 Å². The molecule has 1 atom stereocenters. The standard InChI is InChI=1S/C19H34N2O3/c1-24-13-3-9-19(15-22)8-2-10-21(14-19)17-6-11-20(12-7-17)18(23)16-4-5-16/h16-17,22H,2-15H2,1H3/t19-/m0/s1. The van der Waals surface area contributed by atoms with Crippen LogP contribution >= 0.6 is 0 Å². The molecule has 5 nitrogen and oxygen atoms in total.